The average molecular weight is 551 g/mol. The molecule has 3 aromatic carbocycles. The van der Waals surface area contributed by atoms with Crippen LogP contribution in [-0.4, -0.2) is 33.5 Å². The first-order valence-corrected chi connectivity index (χ1v) is 12.8. The third kappa shape index (κ3) is 4.38. The molecule has 6 rings (SSSR count). The topological polar surface area (TPSA) is 91.6 Å². The molecule has 0 spiro atoms. The fourth-order valence-electron chi connectivity index (χ4n) is 4.84. The molecule has 0 aliphatic carbocycles. The number of benzene rings is 3. The second-order valence-electron chi connectivity index (χ2n) is 9.31. The molecule has 0 saturated carbocycles. The molecule has 40 heavy (non-hydrogen) atoms. The smallest absolute Gasteiger partial charge is 0.337 e. The van der Waals surface area contributed by atoms with Crippen molar-refractivity contribution in [2.75, 3.05) is 7.11 Å². The molecule has 0 bridgehead atoms. The number of aromatic nitrogens is 3. The molecule has 0 aliphatic heterocycles. The van der Waals surface area contributed by atoms with E-state index in [9.17, 15) is 9.59 Å². The Morgan fingerprint density at radius 3 is 2.67 bits per heavy atom. The third-order valence-corrected chi connectivity index (χ3v) is 7.00. The van der Waals surface area contributed by atoms with Crippen LogP contribution in [0.15, 0.2) is 93.2 Å². The van der Waals surface area contributed by atoms with Gasteiger partial charge in [-0.05, 0) is 74.5 Å². The van der Waals surface area contributed by atoms with Gasteiger partial charge in [-0.25, -0.2) is 9.78 Å². The minimum absolute atomic E-state index is 0.270. The van der Waals surface area contributed by atoms with Gasteiger partial charge in [0, 0.05) is 33.0 Å². The van der Waals surface area contributed by atoms with Crippen molar-refractivity contribution in [2.24, 2.45) is 5.10 Å². The van der Waals surface area contributed by atoms with Crippen LogP contribution in [-0.2, 0) is 4.74 Å². The van der Waals surface area contributed by atoms with Crippen LogP contribution in [0.2, 0.25) is 5.02 Å². The maximum atomic E-state index is 13.6. The Morgan fingerprint density at radius 2 is 1.85 bits per heavy atom. The number of fused-ring (bicyclic) bond motifs is 2. The fourth-order valence-corrected chi connectivity index (χ4v) is 5.02. The number of furan rings is 1. The Morgan fingerprint density at radius 1 is 1.02 bits per heavy atom. The second kappa shape index (κ2) is 9.98. The summed E-state index contributed by atoms with van der Waals surface area (Å²) in [4.78, 5) is 30.4. The number of aryl methyl sites for hydroxylation is 1. The molecule has 0 fully saturated rings. The summed E-state index contributed by atoms with van der Waals surface area (Å²) in [5.41, 5.74) is 4.70. The monoisotopic (exact) mass is 550 g/mol. The summed E-state index contributed by atoms with van der Waals surface area (Å²) in [6.07, 6.45) is 1.63. The Hall–Kier alpha value is -4.95. The zero-order valence-electron chi connectivity index (χ0n) is 21.9. The predicted molar refractivity (Wildman–Crippen MR) is 156 cm³/mol. The zero-order chi connectivity index (χ0) is 28.0. The zero-order valence-corrected chi connectivity index (χ0v) is 22.6. The lowest BCUT2D eigenvalue weighted by Gasteiger charge is -2.11. The number of ether oxygens (including phenoxy) is 1. The first-order chi connectivity index (χ1) is 19.3. The van der Waals surface area contributed by atoms with E-state index in [1.54, 1.807) is 66.9 Å². The van der Waals surface area contributed by atoms with Crippen LogP contribution in [0.25, 0.3) is 39.1 Å². The maximum Gasteiger partial charge on any atom is 0.337 e. The number of hydrogen-bond donors (Lipinski definition) is 0. The number of carbonyl (C=O) groups excluding carboxylic acids is 1. The molecule has 6 aromatic rings. The number of nitrogens with zero attached hydrogens (tertiary/aromatic N) is 4. The fraction of sp³-hybridized carbons (Fsp3) is 0.0968. The summed E-state index contributed by atoms with van der Waals surface area (Å²) >= 11 is 6.17. The standard InChI is InChI=1S/C31H23ClN4O4/c1-18-13-22(19(2)35(18)24-8-6-7-20(15-24)31(38)39-3)17-33-36-29(34-26-10-5-4-9-25(26)30(36)37)28-16-21-14-23(32)11-12-27(21)40-28/h4-17H,1-3H3. The van der Waals surface area contributed by atoms with Gasteiger partial charge in [0.15, 0.2) is 5.76 Å². The Bertz CT molecular complexity index is 2030. The molecule has 0 unspecified atom stereocenters. The van der Waals surface area contributed by atoms with Crippen LogP contribution in [0.4, 0.5) is 0 Å². The number of carbonyl (C=O) groups is 1. The van der Waals surface area contributed by atoms with Gasteiger partial charge in [0.2, 0.25) is 5.82 Å². The molecule has 0 saturated heterocycles. The first-order valence-electron chi connectivity index (χ1n) is 12.5. The van der Waals surface area contributed by atoms with Crippen LogP contribution in [0.3, 0.4) is 0 Å². The van der Waals surface area contributed by atoms with Crippen LogP contribution in [0.5, 0.6) is 0 Å². The molecule has 9 heteroatoms. The number of para-hydroxylation sites is 1. The normalized spacial score (nSPS) is 11.6. The molecule has 8 nitrogen and oxygen atoms in total. The van der Waals surface area contributed by atoms with Gasteiger partial charge >= 0.3 is 5.97 Å². The van der Waals surface area contributed by atoms with Gasteiger partial charge in [0.05, 0.1) is 29.8 Å². The minimum Gasteiger partial charge on any atom is -0.465 e. The summed E-state index contributed by atoms with van der Waals surface area (Å²) in [7, 11) is 1.36. The summed E-state index contributed by atoms with van der Waals surface area (Å²) in [6, 6.07) is 23.4. The van der Waals surface area contributed by atoms with E-state index in [4.69, 9.17) is 25.7 Å². The number of esters is 1. The summed E-state index contributed by atoms with van der Waals surface area (Å²) in [6.45, 7) is 3.91. The van der Waals surface area contributed by atoms with E-state index in [2.05, 4.69) is 5.10 Å². The molecular formula is C31H23ClN4O4. The largest absolute Gasteiger partial charge is 0.465 e. The summed E-state index contributed by atoms with van der Waals surface area (Å²) < 4.78 is 14.2. The lowest BCUT2D eigenvalue weighted by atomic mass is 10.2. The van der Waals surface area contributed by atoms with Crippen molar-refractivity contribution in [1.29, 1.82) is 0 Å². The van der Waals surface area contributed by atoms with E-state index in [1.165, 1.54) is 11.8 Å². The number of methoxy groups -OCH3 is 1. The van der Waals surface area contributed by atoms with Crippen LogP contribution < -0.4 is 5.56 Å². The van der Waals surface area contributed by atoms with E-state index in [0.29, 0.717) is 32.8 Å². The third-order valence-electron chi connectivity index (χ3n) is 6.76. The van der Waals surface area contributed by atoms with Gasteiger partial charge in [0.25, 0.3) is 5.56 Å². The average Bonchev–Trinajstić information content (AvgIpc) is 3.51. The number of hydrogen-bond acceptors (Lipinski definition) is 6. The highest BCUT2D eigenvalue weighted by atomic mass is 35.5. The molecule has 0 N–H and O–H groups in total. The van der Waals surface area contributed by atoms with Gasteiger partial charge in [-0.1, -0.05) is 29.8 Å². The van der Waals surface area contributed by atoms with Crippen molar-refractivity contribution < 1.29 is 13.9 Å². The second-order valence-corrected chi connectivity index (χ2v) is 9.75. The molecule has 0 atom stereocenters. The molecule has 0 aliphatic rings. The van der Waals surface area contributed by atoms with Crippen LogP contribution in [0, 0.1) is 13.8 Å². The van der Waals surface area contributed by atoms with Crippen molar-refractivity contribution >= 4 is 45.7 Å². The van der Waals surface area contributed by atoms with Crippen molar-refractivity contribution in [3.8, 4) is 17.3 Å². The van der Waals surface area contributed by atoms with E-state index < -0.39 is 5.97 Å². The van der Waals surface area contributed by atoms with E-state index >= 15 is 0 Å². The SMILES string of the molecule is COC(=O)c1cccc(-n2c(C)cc(C=Nn3c(-c4cc5cc(Cl)ccc5o4)nc4ccccc4c3=O)c2C)c1. The Labute approximate surface area is 233 Å². The predicted octanol–water partition coefficient (Wildman–Crippen LogP) is 6.54. The molecular weight excluding hydrogens is 528 g/mol. The molecule has 0 amide bonds. The van der Waals surface area contributed by atoms with Crippen molar-refractivity contribution in [3.05, 3.63) is 117 Å². The van der Waals surface area contributed by atoms with E-state index in [0.717, 1.165) is 28.0 Å². The quantitative estimate of drug-likeness (QED) is 0.179. The van der Waals surface area contributed by atoms with Gasteiger partial charge in [-0.3, -0.25) is 4.79 Å². The maximum absolute atomic E-state index is 13.6. The summed E-state index contributed by atoms with van der Waals surface area (Å²) in [5, 5.41) is 6.41. The molecule has 0 radical (unpaired) electrons. The highest BCUT2D eigenvalue weighted by Gasteiger charge is 2.17. The van der Waals surface area contributed by atoms with Gasteiger partial charge in [0.1, 0.15) is 5.58 Å². The minimum atomic E-state index is -0.408. The lowest BCUT2D eigenvalue weighted by Crippen LogP contribution is -2.20. The van der Waals surface area contributed by atoms with E-state index in [-0.39, 0.29) is 11.4 Å². The Kier molecular flexibility index (Phi) is 6.32. The summed E-state index contributed by atoms with van der Waals surface area (Å²) in [5.74, 6) is 0.254. The number of rotatable bonds is 5. The first kappa shape index (κ1) is 25.3. The van der Waals surface area contributed by atoms with Gasteiger partial charge in [-0.2, -0.15) is 9.78 Å². The van der Waals surface area contributed by atoms with Crippen LogP contribution >= 0.6 is 11.6 Å². The van der Waals surface area contributed by atoms with Gasteiger partial charge < -0.3 is 13.7 Å². The van der Waals surface area contributed by atoms with Gasteiger partial charge in [-0.15, -0.1) is 0 Å². The van der Waals surface area contributed by atoms with Crippen molar-refractivity contribution in [3.63, 3.8) is 0 Å². The molecule has 198 valence electrons. The highest BCUT2D eigenvalue weighted by molar-refractivity contribution is 6.31. The van der Waals surface area contributed by atoms with Crippen molar-refractivity contribution in [2.45, 2.75) is 13.8 Å². The van der Waals surface area contributed by atoms with E-state index in [1.807, 2.05) is 36.6 Å². The van der Waals surface area contributed by atoms with Crippen molar-refractivity contribution in [1.82, 2.24) is 14.2 Å². The molecule has 3 heterocycles. The molecule has 3 aromatic heterocycles. The number of halogens is 1. The lowest BCUT2D eigenvalue weighted by molar-refractivity contribution is 0.0600. The van der Waals surface area contributed by atoms with Crippen LogP contribution in [0.1, 0.15) is 27.3 Å². The Balaban J connectivity index is 1.48. The highest BCUT2D eigenvalue weighted by Crippen LogP contribution is 2.29.